The van der Waals surface area contributed by atoms with Crippen LogP contribution in [-0.4, -0.2) is 37.7 Å². The van der Waals surface area contributed by atoms with Crippen LogP contribution in [-0.2, 0) is 0 Å². The molecule has 0 amide bonds. The van der Waals surface area contributed by atoms with Gasteiger partial charge in [-0.15, -0.1) is 0 Å². The molecule has 23 heavy (non-hydrogen) atoms. The molecule has 0 aromatic heterocycles. The van der Waals surface area contributed by atoms with Crippen molar-refractivity contribution in [3.05, 3.63) is 0 Å². The van der Waals surface area contributed by atoms with Crippen molar-refractivity contribution in [1.82, 2.24) is 0 Å². The average Bonchev–Trinajstić information content (AvgIpc) is 2.95. The second kappa shape index (κ2) is 7.87. The molecule has 1 aliphatic heterocycles. The van der Waals surface area contributed by atoms with Gasteiger partial charge in [0.15, 0.2) is 0 Å². The predicted octanol–water partition coefficient (Wildman–Crippen LogP) is 6.63. The van der Waals surface area contributed by atoms with Gasteiger partial charge in [-0.1, -0.05) is 0 Å². The summed E-state index contributed by atoms with van der Waals surface area (Å²) in [6.07, 6.45) is 22.3. The van der Waals surface area contributed by atoms with E-state index in [1.165, 1.54) is 26.0 Å². The third-order valence-electron chi connectivity index (χ3n) is 7.61. The van der Waals surface area contributed by atoms with E-state index in [1.54, 1.807) is 70.6 Å². The monoisotopic (exact) mass is 414 g/mol. The molecule has 3 heteroatoms. The fourth-order valence-corrected chi connectivity index (χ4v) is 18.6. The van der Waals surface area contributed by atoms with Crippen molar-refractivity contribution < 1.29 is 0 Å². The molecule has 0 N–H and O–H groups in total. The molecule has 0 bridgehead atoms. The Morgan fingerprint density at radius 3 is 1.65 bits per heavy atom. The van der Waals surface area contributed by atoms with E-state index in [1.807, 2.05) is 0 Å². The Bertz CT molecular complexity index is 363. The van der Waals surface area contributed by atoms with Crippen molar-refractivity contribution in [1.29, 1.82) is 0 Å². The molecule has 6 unspecified atom stereocenters. The molecule has 0 aromatic rings. The summed E-state index contributed by atoms with van der Waals surface area (Å²) < 4.78 is 3.80. The molecule has 3 aliphatic carbocycles. The van der Waals surface area contributed by atoms with Crippen LogP contribution in [0.5, 0.6) is 0 Å². The fourth-order valence-electron chi connectivity index (χ4n) is 6.55. The zero-order chi connectivity index (χ0) is 15.8. The fraction of sp³-hybridized carbons (Fsp3) is 1.00. The molecule has 1 heterocycles. The van der Waals surface area contributed by atoms with Crippen molar-refractivity contribution in [2.75, 3.05) is 12.5 Å². The molecule has 0 nitrogen and oxygen atoms in total. The van der Waals surface area contributed by atoms with Gasteiger partial charge in [0.1, 0.15) is 0 Å². The Morgan fingerprint density at radius 1 is 0.652 bits per heavy atom. The summed E-state index contributed by atoms with van der Waals surface area (Å²) >= 11 is 3.76. The van der Waals surface area contributed by atoms with Gasteiger partial charge in [-0.2, -0.15) is 0 Å². The number of hydrogen-bond donors (Lipinski definition) is 0. The SMILES string of the molecule is CSC1CCC2C(C1)C1CC(SC)CCC1[As]2C1CCCCC1. The zero-order valence-electron chi connectivity index (χ0n) is 15.1. The third kappa shape index (κ3) is 3.44. The number of fused-ring (bicyclic) bond motifs is 3. The molecule has 6 atom stereocenters. The minimum atomic E-state index is -0.620. The van der Waals surface area contributed by atoms with Gasteiger partial charge >= 0.3 is 158 Å². The van der Waals surface area contributed by atoms with Crippen molar-refractivity contribution >= 4 is 38.2 Å². The molecule has 4 rings (SSSR count). The molecule has 0 spiro atoms. The number of thioether (sulfide) groups is 2. The van der Waals surface area contributed by atoms with Gasteiger partial charge in [-0.25, -0.2) is 0 Å². The van der Waals surface area contributed by atoms with Gasteiger partial charge in [0.05, 0.1) is 0 Å². The van der Waals surface area contributed by atoms with E-state index in [9.17, 15) is 0 Å². The first-order valence-corrected chi connectivity index (χ1v) is 16.0. The van der Waals surface area contributed by atoms with Crippen molar-refractivity contribution in [3.8, 4) is 0 Å². The first-order valence-electron chi connectivity index (χ1n) is 10.1. The summed E-state index contributed by atoms with van der Waals surface area (Å²) in [6, 6.07) is 0. The van der Waals surface area contributed by atoms with E-state index in [-0.39, 0.29) is 0 Å². The Kier molecular flexibility index (Phi) is 6.05. The van der Waals surface area contributed by atoms with Crippen molar-refractivity contribution in [2.45, 2.75) is 95.2 Å². The standard InChI is InChI=1S/C20H35AsS2/c1-22-15-8-10-19-17(12-15)18-13-16(23-2)9-11-20(18)21(19)14-6-4-3-5-7-14/h14-20H,3-13H2,1-2H3. The van der Waals surface area contributed by atoms with Crippen LogP contribution >= 0.6 is 23.5 Å². The summed E-state index contributed by atoms with van der Waals surface area (Å²) in [5.74, 6) is 2.34. The van der Waals surface area contributed by atoms with Crippen LogP contribution in [0.15, 0.2) is 0 Å². The molecule has 132 valence electrons. The van der Waals surface area contributed by atoms with E-state index >= 15 is 0 Å². The van der Waals surface area contributed by atoms with E-state index in [2.05, 4.69) is 36.0 Å². The van der Waals surface area contributed by atoms with Crippen LogP contribution in [0.25, 0.3) is 0 Å². The Labute approximate surface area is 157 Å². The quantitative estimate of drug-likeness (QED) is 0.475. The van der Waals surface area contributed by atoms with Crippen LogP contribution < -0.4 is 0 Å². The third-order valence-corrected chi connectivity index (χ3v) is 18.6. The van der Waals surface area contributed by atoms with Crippen molar-refractivity contribution in [3.63, 3.8) is 0 Å². The molecular weight excluding hydrogens is 379 g/mol. The van der Waals surface area contributed by atoms with Gasteiger partial charge < -0.3 is 0 Å². The Hall–Kier alpha value is 1.26. The number of rotatable bonds is 3. The molecule has 4 aliphatic rings. The van der Waals surface area contributed by atoms with Gasteiger partial charge in [0.25, 0.3) is 0 Å². The topological polar surface area (TPSA) is 0 Å². The summed E-state index contributed by atoms with van der Waals surface area (Å²) in [5.41, 5.74) is 0. The van der Waals surface area contributed by atoms with Gasteiger partial charge in [0, 0.05) is 0 Å². The maximum atomic E-state index is 2.37. The predicted molar refractivity (Wildman–Crippen MR) is 109 cm³/mol. The summed E-state index contributed by atoms with van der Waals surface area (Å²) in [5, 5.41) is 2.01. The molecule has 3 saturated carbocycles. The zero-order valence-corrected chi connectivity index (χ0v) is 18.6. The molecule has 1 saturated heterocycles. The molecule has 0 aromatic carbocycles. The van der Waals surface area contributed by atoms with Gasteiger partial charge in [-0.3, -0.25) is 0 Å². The Balaban J connectivity index is 1.56. The normalized spacial score (nSPS) is 48.0. The second-order valence-electron chi connectivity index (χ2n) is 8.54. The van der Waals surface area contributed by atoms with Crippen LogP contribution in [0.1, 0.15) is 70.6 Å². The van der Waals surface area contributed by atoms with Gasteiger partial charge in [-0.05, 0) is 0 Å². The van der Waals surface area contributed by atoms with Crippen molar-refractivity contribution in [2.24, 2.45) is 11.8 Å². The Morgan fingerprint density at radius 2 is 1.17 bits per heavy atom. The molecule has 4 fully saturated rings. The van der Waals surface area contributed by atoms with E-state index in [4.69, 9.17) is 0 Å². The summed E-state index contributed by atoms with van der Waals surface area (Å²) in [6.45, 7) is 0. The van der Waals surface area contributed by atoms with Crippen LogP contribution in [0.4, 0.5) is 0 Å². The van der Waals surface area contributed by atoms with Crippen LogP contribution in [0, 0.1) is 11.8 Å². The van der Waals surface area contributed by atoms with E-state index in [0.717, 1.165) is 10.5 Å². The number of hydrogen-bond acceptors (Lipinski definition) is 2. The summed E-state index contributed by atoms with van der Waals surface area (Å²) in [4.78, 5) is 0. The van der Waals surface area contributed by atoms with Crippen LogP contribution in [0.2, 0.25) is 14.1 Å². The molecule has 0 radical (unpaired) electrons. The maximum absolute atomic E-state index is 2.37. The van der Waals surface area contributed by atoms with E-state index < -0.39 is 14.7 Å². The van der Waals surface area contributed by atoms with Crippen LogP contribution in [0.3, 0.4) is 0 Å². The van der Waals surface area contributed by atoms with Gasteiger partial charge in [0.2, 0.25) is 0 Å². The van der Waals surface area contributed by atoms with E-state index in [0.29, 0.717) is 0 Å². The summed E-state index contributed by atoms with van der Waals surface area (Å²) in [7, 11) is 0. The minimum absolute atomic E-state index is 0.620. The first kappa shape index (κ1) is 17.7. The first-order chi connectivity index (χ1) is 11.3. The second-order valence-corrected chi connectivity index (χ2v) is 17.0. The molecular formula is C20H35AsS2. The average molecular weight is 415 g/mol.